The van der Waals surface area contributed by atoms with Gasteiger partial charge in [0.2, 0.25) is 0 Å². The van der Waals surface area contributed by atoms with Crippen LogP contribution >= 0.6 is 0 Å². The maximum absolute atomic E-state index is 12.0. The molecule has 112 valence electrons. The Kier molecular flexibility index (Phi) is 4.71. The molecule has 1 saturated carbocycles. The van der Waals surface area contributed by atoms with Crippen LogP contribution in [0.1, 0.15) is 44.1 Å². The number of pyridine rings is 1. The molecule has 0 saturated heterocycles. The van der Waals surface area contributed by atoms with Gasteiger partial charge in [-0.05, 0) is 36.4 Å². The molecular weight excluding hydrogens is 260 g/mol. The molecule has 0 spiro atoms. The summed E-state index contributed by atoms with van der Waals surface area (Å²) in [4.78, 5) is 15.0. The van der Waals surface area contributed by atoms with Gasteiger partial charge in [-0.15, -0.1) is 0 Å². The smallest absolute Gasteiger partial charge is 0.252 e. The molecule has 1 aliphatic rings. The van der Waals surface area contributed by atoms with Crippen LogP contribution in [0.15, 0.2) is 35.1 Å². The van der Waals surface area contributed by atoms with Crippen molar-refractivity contribution >= 4 is 10.9 Å². The molecule has 1 fully saturated rings. The van der Waals surface area contributed by atoms with E-state index in [1.54, 1.807) is 0 Å². The predicted molar refractivity (Wildman–Crippen MR) is 87.5 cm³/mol. The van der Waals surface area contributed by atoms with E-state index >= 15 is 0 Å². The van der Waals surface area contributed by atoms with Crippen LogP contribution in [-0.2, 0) is 6.54 Å². The van der Waals surface area contributed by atoms with Crippen molar-refractivity contribution in [3.8, 4) is 0 Å². The Bertz CT molecular complexity index is 641. The fourth-order valence-electron chi connectivity index (χ4n) is 3.33. The molecule has 0 radical (unpaired) electrons. The summed E-state index contributed by atoms with van der Waals surface area (Å²) >= 11 is 0. The quantitative estimate of drug-likeness (QED) is 0.824. The molecular formula is C18H24N2O. The summed E-state index contributed by atoms with van der Waals surface area (Å²) in [6.07, 6.45) is 8.22. The molecule has 2 aromatic rings. The van der Waals surface area contributed by atoms with Gasteiger partial charge >= 0.3 is 0 Å². The Morgan fingerprint density at radius 3 is 2.81 bits per heavy atom. The number of rotatable bonds is 5. The molecule has 21 heavy (non-hydrogen) atoms. The van der Waals surface area contributed by atoms with Crippen LogP contribution in [0.2, 0.25) is 0 Å². The van der Waals surface area contributed by atoms with Crippen molar-refractivity contribution in [1.82, 2.24) is 10.3 Å². The first-order chi connectivity index (χ1) is 10.3. The zero-order chi connectivity index (χ0) is 14.5. The summed E-state index contributed by atoms with van der Waals surface area (Å²) in [6, 6.07) is 9.93. The number of fused-ring (bicyclic) bond motifs is 1. The van der Waals surface area contributed by atoms with Gasteiger partial charge in [-0.3, -0.25) is 4.79 Å². The summed E-state index contributed by atoms with van der Waals surface area (Å²) in [6.45, 7) is 1.67. The highest BCUT2D eigenvalue weighted by Crippen LogP contribution is 2.25. The second kappa shape index (κ2) is 6.90. The largest absolute Gasteiger partial charge is 0.322 e. The number of hydrogen-bond acceptors (Lipinski definition) is 2. The first kappa shape index (κ1) is 14.3. The number of aromatic amines is 1. The summed E-state index contributed by atoms with van der Waals surface area (Å²) < 4.78 is 0. The highest BCUT2D eigenvalue weighted by atomic mass is 16.1. The zero-order valence-electron chi connectivity index (χ0n) is 12.5. The van der Waals surface area contributed by atoms with Crippen LogP contribution in [0.5, 0.6) is 0 Å². The molecule has 1 aromatic carbocycles. The first-order valence-electron chi connectivity index (χ1n) is 8.14. The van der Waals surface area contributed by atoms with Crippen LogP contribution in [0.4, 0.5) is 0 Å². The predicted octanol–water partition coefficient (Wildman–Crippen LogP) is 3.59. The Balaban J connectivity index is 1.55. The van der Waals surface area contributed by atoms with Crippen LogP contribution in [-0.4, -0.2) is 11.5 Å². The van der Waals surface area contributed by atoms with Crippen molar-refractivity contribution in [1.29, 1.82) is 0 Å². The van der Waals surface area contributed by atoms with Gasteiger partial charge in [-0.2, -0.15) is 0 Å². The van der Waals surface area contributed by atoms with E-state index in [0.29, 0.717) is 6.54 Å². The molecule has 0 amide bonds. The Labute approximate surface area is 125 Å². The minimum Gasteiger partial charge on any atom is -0.322 e. The van der Waals surface area contributed by atoms with Crippen molar-refractivity contribution in [3.05, 3.63) is 46.2 Å². The first-order valence-corrected chi connectivity index (χ1v) is 8.14. The highest BCUT2D eigenvalue weighted by Gasteiger charge is 2.12. The van der Waals surface area contributed by atoms with E-state index in [0.717, 1.165) is 28.9 Å². The molecule has 0 unspecified atom stereocenters. The summed E-state index contributed by atoms with van der Waals surface area (Å²) in [5.74, 6) is 0.890. The van der Waals surface area contributed by atoms with Crippen LogP contribution in [0, 0.1) is 5.92 Å². The molecule has 3 nitrogen and oxygen atoms in total. The van der Waals surface area contributed by atoms with Crippen molar-refractivity contribution in [2.75, 3.05) is 6.54 Å². The van der Waals surface area contributed by atoms with Gasteiger partial charge in [-0.25, -0.2) is 0 Å². The van der Waals surface area contributed by atoms with E-state index in [2.05, 4.69) is 10.3 Å². The Hall–Kier alpha value is -1.61. The molecule has 0 aliphatic heterocycles. The van der Waals surface area contributed by atoms with Gasteiger partial charge in [0.05, 0.1) is 0 Å². The van der Waals surface area contributed by atoms with Crippen molar-refractivity contribution < 1.29 is 0 Å². The maximum Gasteiger partial charge on any atom is 0.252 e. The molecule has 1 aliphatic carbocycles. The van der Waals surface area contributed by atoms with Crippen molar-refractivity contribution in [2.24, 2.45) is 5.92 Å². The highest BCUT2D eigenvalue weighted by molar-refractivity contribution is 5.78. The van der Waals surface area contributed by atoms with Gasteiger partial charge in [0.1, 0.15) is 0 Å². The Morgan fingerprint density at radius 1 is 1.14 bits per heavy atom. The van der Waals surface area contributed by atoms with Gasteiger partial charge in [0.15, 0.2) is 0 Å². The van der Waals surface area contributed by atoms with Crippen LogP contribution in [0.3, 0.4) is 0 Å². The number of aromatic nitrogens is 1. The lowest BCUT2D eigenvalue weighted by Crippen LogP contribution is -2.23. The molecule has 0 atom stereocenters. The fourth-order valence-corrected chi connectivity index (χ4v) is 3.33. The summed E-state index contributed by atoms with van der Waals surface area (Å²) in [5, 5.41) is 4.53. The molecule has 1 aromatic heterocycles. The number of nitrogens with one attached hydrogen (secondary N) is 2. The zero-order valence-corrected chi connectivity index (χ0v) is 12.5. The van der Waals surface area contributed by atoms with E-state index in [1.807, 2.05) is 30.3 Å². The third-order valence-electron chi connectivity index (χ3n) is 4.60. The average molecular weight is 284 g/mol. The SMILES string of the molecule is O=c1[nH]c2ccccc2cc1CNCCC1CCCCC1. The second-order valence-electron chi connectivity index (χ2n) is 6.18. The van der Waals surface area contributed by atoms with E-state index in [4.69, 9.17) is 0 Å². The molecule has 0 bridgehead atoms. The topological polar surface area (TPSA) is 44.9 Å². The monoisotopic (exact) mass is 284 g/mol. The Morgan fingerprint density at radius 2 is 1.95 bits per heavy atom. The van der Waals surface area contributed by atoms with Crippen LogP contribution in [0.25, 0.3) is 10.9 Å². The van der Waals surface area contributed by atoms with Crippen molar-refractivity contribution in [2.45, 2.75) is 45.1 Å². The van der Waals surface area contributed by atoms with Crippen molar-refractivity contribution in [3.63, 3.8) is 0 Å². The average Bonchev–Trinajstić information content (AvgIpc) is 2.53. The standard InChI is InChI=1S/C18H24N2O/c21-18-16(12-15-8-4-5-9-17(15)20-18)13-19-11-10-14-6-2-1-3-7-14/h4-5,8-9,12,14,19H,1-3,6-7,10-11,13H2,(H,20,21). The van der Waals surface area contributed by atoms with Gasteiger partial charge in [0, 0.05) is 17.6 Å². The maximum atomic E-state index is 12.0. The summed E-state index contributed by atoms with van der Waals surface area (Å²) in [5.41, 5.74) is 1.77. The lowest BCUT2D eigenvalue weighted by atomic mass is 9.87. The van der Waals surface area contributed by atoms with Gasteiger partial charge in [0.25, 0.3) is 5.56 Å². The van der Waals surface area contributed by atoms with Gasteiger partial charge in [-0.1, -0.05) is 50.3 Å². The molecule has 3 rings (SSSR count). The number of benzene rings is 1. The third-order valence-corrected chi connectivity index (χ3v) is 4.60. The molecule has 2 N–H and O–H groups in total. The van der Waals surface area contributed by atoms with E-state index < -0.39 is 0 Å². The lowest BCUT2D eigenvalue weighted by Gasteiger charge is -2.21. The minimum absolute atomic E-state index is 0.0267. The summed E-state index contributed by atoms with van der Waals surface area (Å²) in [7, 11) is 0. The van der Waals surface area contributed by atoms with Crippen LogP contribution < -0.4 is 10.9 Å². The lowest BCUT2D eigenvalue weighted by molar-refractivity contribution is 0.334. The normalized spacial score (nSPS) is 16.4. The number of hydrogen-bond donors (Lipinski definition) is 2. The van der Waals surface area contributed by atoms with Gasteiger partial charge < -0.3 is 10.3 Å². The number of para-hydroxylation sites is 1. The number of H-pyrrole nitrogens is 1. The molecule has 3 heteroatoms. The minimum atomic E-state index is 0.0267. The molecule has 1 heterocycles. The fraction of sp³-hybridized carbons (Fsp3) is 0.500. The van der Waals surface area contributed by atoms with E-state index in [-0.39, 0.29) is 5.56 Å². The van der Waals surface area contributed by atoms with E-state index in [1.165, 1.54) is 38.5 Å². The third kappa shape index (κ3) is 3.73. The van der Waals surface area contributed by atoms with E-state index in [9.17, 15) is 4.79 Å². The second-order valence-corrected chi connectivity index (χ2v) is 6.18.